The number of aromatic nitrogens is 14. The van der Waals surface area contributed by atoms with E-state index in [-0.39, 0.29) is 101 Å². The molecule has 37 heteroatoms. The normalized spacial score (nSPS) is 14.1. The molecule has 7 aromatic heterocycles. The highest BCUT2D eigenvalue weighted by molar-refractivity contribution is 6.04. The standard InChI is InChI=1S/C14H14N2O2.C12H15N3O3.C12H9N3O3.C12H15N3O3.C12H11N3O2.2C8H8N2O3/c17-14(18)12-7-5-11(6-8-12)3-1-4-13-15-9-2-10-16-13;2*16-10(15-12-13-6-1-7-14-12)8-2-4-9(5-3-8)11(17)18;16-10(15-12-13-5-2-6-14-12)8-3-1-4-9(7-8)11(17)18;16-12(17)10-3-1-9(2-4-10)7-14-11-5-6-13-8-15-11;11-6(2-3-7(12)13)8-9-4-1-5-10-8;11-7(1-2-8(12)13)6-3-4-9-5-10-6/h2,5-10H,1,3-4H2,(H,17,18);1,6-9H,2-5H2,(H,17,18)(H,13,14,15,16);1-7H,(H,17,18)(H,13,14,15,16);2,5-6,8-9H,1,3-4,7H2,(H,17,18)(H,13,14,15,16);1-6,8H,7H2,(H,16,17)(H,13,14,15);1,4-5H,2-3H2,(H,12,13);3-5H,1-2H2,(H,12,13). The minimum absolute atomic E-state index is 0.0215. The number of amides is 3. The summed E-state index contributed by atoms with van der Waals surface area (Å²) in [5.74, 6) is -6.41. The first-order chi connectivity index (χ1) is 55.4. The van der Waals surface area contributed by atoms with Gasteiger partial charge < -0.3 is 41.1 Å². The number of carbonyl (C=O) groups is 12. The van der Waals surface area contributed by atoms with Crippen molar-refractivity contribution in [2.75, 3.05) is 21.3 Å². The van der Waals surface area contributed by atoms with Crippen LogP contribution in [0.2, 0.25) is 0 Å². The molecule has 2 unspecified atom stereocenters. The van der Waals surface area contributed by atoms with Crippen molar-refractivity contribution in [2.45, 2.75) is 103 Å². The third-order valence-corrected chi connectivity index (χ3v) is 16.4. The summed E-state index contributed by atoms with van der Waals surface area (Å²) in [5, 5.41) is 71.6. The molecule has 0 saturated heterocycles. The van der Waals surface area contributed by atoms with Gasteiger partial charge in [0.25, 0.3) is 5.91 Å². The number of hydrogen-bond donors (Lipinski definition) is 11. The van der Waals surface area contributed by atoms with E-state index in [1.54, 1.807) is 116 Å². The molecule has 0 bridgehead atoms. The molecule has 10 aromatic rings. The fourth-order valence-electron chi connectivity index (χ4n) is 10.4. The number of benzene rings is 3. The van der Waals surface area contributed by atoms with Gasteiger partial charge in [0.2, 0.25) is 35.4 Å². The molecule has 11 N–H and O–H groups in total. The molecule has 3 aromatic carbocycles. The van der Waals surface area contributed by atoms with E-state index in [1.807, 2.05) is 12.1 Å². The predicted octanol–water partition coefficient (Wildman–Crippen LogP) is 9.22. The Balaban J connectivity index is 0.000000209. The number of aliphatic carboxylic acids is 4. The van der Waals surface area contributed by atoms with Crippen LogP contribution in [0.15, 0.2) is 202 Å². The van der Waals surface area contributed by atoms with Gasteiger partial charge in [-0.1, -0.05) is 30.7 Å². The second-order valence-electron chi connectivity index (χ2n) is 24.6. The Labute approximate surface area is 655 Å². The number of hydrogen-bond acceptors (Lipinski definition) is 27. The van der Waals surface area contributed by atoms with Crippen LogP contribution in [0, 0.1) is 23.7 Å². The summed E-state index contributed by atoms with van der Waals surface area (Å²) in [4.78, 5) is 186. The van der Waals surface area contributed by atoms with E-state index in [4.69, 9.17) is 35.7 Å². The van der Waals surface area contributed by atoms with Crippen molar-refractivity contribution in [3.05, 3.63) is 253 Å². The van der Waals surface area contributed by atoms with Gasteiger partial charge in [0.1, 0.15) is 30.0 Å². The summed E-state index contributed by atoms with van der Waals surface area (Å²) in [5.41, 5.74) is 3.47. The number of Topliss-reactive ketones (excluding diaryl/α,β-unsaturated/α-hetero) is 2. The first kappa shape index (κ1) is 89.0. The zero-order valence-corrected chi connectivity index (χ0v) is 61.5. The number of rotatable bonds is 26. The molecule has 12 rings (SSSR count). The Morgan fingerprint density at radius 3 is 1.22 bits per heavy atom. The van der Waals surface area contributed by atoms with Gasteiger partial charge in [-0.05, 0) is 160 Å². The van der Waals surface area contributed by atoms with Crippen molar-refractivity contribution in [1.29, 1.82) is 0 Å². The molecule has 37 nitrogen and oxygen atoms in total. The third kappa shape index (κ3) is 34.7. The number of carboxylic acids is 7. The quantitative estimate of drug-likeness (QED) is 0.0225. The van der Waals surface area contributed by atoms with Crippen molar-refractivity contribution in [3.8, 4) is 0 Å². The minimum atomic E-state index is -1.03. The molecule has 0 aliphatic heterocycles. The van der Waals surface area contributed by atoms with Crippen LogP contribution in [0.25, 0.3) is 0 Å². The van der Waals surface area contributed by atoms with E-state index in [9.17, 15) is 57.5 Å². The highest BCUT2D eigenvalue weighted by Gasteiger charge is 2.32. The van der Waals surface area contributed by atoms with Crippen LogP contribution < -0.4 is 21.3 Å². The topological polar surface area (TPSA) is 575 Å². The average Bonchev–Trinajstić information content (AvgIpc) is 0.875. The molecule has 2 aliphatic carbocycles. The lowest BCUT2D eigenvalue weighted by Crippen LogP contribution is -2.31. The summed E-state index contributed by atoms with van der Waals surface area (Å²) in [6.45, 7) is 0.594. The van der Waals surface area contributed by atoms with Crippen molar-refractivity contribution >= 4 is 94.7 Å². The Morgan fingerprint density at radius 2 is 0.765 bits per heavy atom. The second-order valence-corrected chi connectivity index (χ2v) is 24.6. The van der Waals surface area contributed by atoms with Crippen LogP contribution in [-0.2, 0) is 48.2 Å². The number of carbonyl (C=O) groups excluding carboxylic acids is 5. The molecule has 2 fully saturated rings. The summed E-state index contributed by atoms with van der Waals surface area (Å²) in [6, 6.07) is 30.9. The van der Waals surface area contributed by atoms with Crippen LogP contribution in [0.1, 0.15) is 163 Å². The van der Waals surface area contributed by atoms with Gasteiger partial charge in [-0.3, -0.25) is 59.1 Å². The summed E-state index contributed by atoms with van der Waals surface area (Å²) in [6.07, 6.45) is 28.6. The van der Waals surface area contributed by atoms with Crippen molar-refractivity contribution in [1.82, 2.24) is 69.8 Å². The van der Waals surface area contributed by atoms with Crippen molar-refractivity contribution in [2.24, 2.45) is 23.7 Å². The number of carboxylic acid groups (broad SMARTS) is 7. The number of ketones is 2. The van der Waals surface area contributed by atoms with Gasteiger partial charge >= 0.3 is 41.8 Å². The molecule has 3 amide bonds. The van der Waals surface area contributed by atoms with Gasteiger partial charge in [-0.2, -0.15) is 0 Å². The number of nitrogens with zero attached hydrogens (tertiary/aromatic N) is 14. The SMILES string of the molecule is O=C(O)C1CCC(C(=O)Nc2ncccn2)CC1.O=C(O)C1CCCC(C(=O)Nc2ncccn2)C1.O=C(O)CCC(=O)c1ccncn1.O=C(O)CCC(=O)c1ncccn1.O=C(O)c1ccc(C(=O)Nc2ncccn2)cc1.O=C(O)c1ccc(CCCc2ncccn2)cc1.O=C(O)c1ccc(CNc2ccncn2)cc1. The Bertz CT molecular complexity index is 4670. The van der Waals surface area contributed by atoms with Crippen molar-refractivity contribution in [3.63, 3.8) is 0 Å². The number of aryl methyl sites for hydroxylation is 2. The summed E-state index contributed by atoms with van der Waals surface area (Å²) in [7, 11) is 0. The lowest BCUT2D eigenvalue weighted by Gasteiger charge is -2.25. The van der Waals surface area contributed by atoms with E-state index in [0.29, 0.717) is 62.1 Å². The smallest absolute Gasteiger partial charge is 0.335 e. The van der Waals surface area contributed by atoms with E-state index < -0.39 is 53.6 Å². The van der Waals surface area contributed by atoms with Gasteiger partial charge in [-0.15, -0.1) is 0 Å². The molecule has 0 radical (unpaired) electrons. The van der Waals surface area contributed by atoms with Gasteiger partial charge in [-0.25, -0.2) is 84.2 Å². The highest BCUT2D eigenvalue weighted by Crippen LogP contribution is 2.31. The van der Waals surface area contributed by atoms with Crippen LogP contribution in [0.4, 0.5) is 23.7 Å². The van der Waals surface area contributed by atoms with Gasteiger partial charge in [0, 0.05) is 118 Å². The maximum Gasteiger partial charge on any atom is 0.335 e. The monoisotopic (exact) mass is 1570 g/mol. The number of anilines is 4. The van der Waals surface area contributed by atoms with E-state index >= 15 is 0 Å². The third-order valence-electron chi connectivity index (χ3n) is 16.4. The largest absolute Gasteiger partial charge is 0.481 e. The van der Waals surface area contributed by atoms with Gasteiger partial charge in [0.15, 0.2) is 11.6 Å². The maximum atomic E-state index is 12.0. The molecular weight excluding hydrogens is 1490 g/mol. The van der Waals surface area contributed by atoms with Gasteiger partial charge in [0.05, 0.1) is 41.4 Å². The van der Waals surface area contributed by atoms with E-state index in [1.165, 1.54) is 74.0 Å². The van der Waals surface area contributed by atoms with Crippen LogP contribution in [0.3, 0.4) is 0 Å². The molecule has 7 heterocycles. The molecule has 596 valence electrons. The zero-order chi connectivity index (χ0) is 83.1. The first-order valence-corrected chi connectivity index (χ1v) is 35.4. The number of aromatic carboxylic acids is 3. The van der Waals surface area contributed by atoms with Crippen LogP contribution in [0.5, 0.6) is 0 Å². The molecule has 2 aliphatic rings. The fourth-order valence-corrected chi connectivity index (χ4v) is 10.4. The zero-order valence-electron chi connectivity index (χ0n) is 61.5. The Hall–Kier alpha value is -14.9. The summed E-state index contributed by atoms with van der Waals surface area (Å²) < 4.78 is 0. The van der Waals surface area contributed by atoms with Crippen LogP contribution >= 0.6 is 0 Å². The minimum Gasteiger partial charge on any atom is -0.481 e. The Morgan fingerprint density at radius 1 is 0.357 bits per heavy atom. The number of nitrogens with one attached hydrogen (secondary N) is 4. The van der Waals surface area contributed by atoms with E-state index in [2.05, 4.69) is 91.0 Å². The first-order valence-electron chi connectivity index (χ1n) is 35.4. The lowest BCUT2D eigenvalue weighted by atomic mass is 9.81. The lowest BCUT2D eigenvalue weighted by molar-refractivity contribution is -0.144. The molecule has 0 spiro atoms. The Kier molecular flexibility index (Phi) is 38.1. The fraction of sp³-hybridized carbons (Fsp3) is 0.256. The molecule has 2 saturated carbocycles. The molecule has 2 atom stereocenters. The van der Waals surface area contributed by atoms with Crippen LogP contribution in [-0.4, -0.2) is 177 Å². The summed E-state index contributed by atoms with van der Waals surface area (Å²) >= 11 is 0. The predicted molar refractivity (Wildman–Crippen MR) is 408 cm³/mol. The highest BCUT2D eigenvalue weighted by atomic mass is 16.4. The molecular formula is C78H80N18O19. The second kappa shape index (κ2) is 49.3. The molecule has 115 heavy (non-hydrogen) atoms. The van der Waals surface area contributed by atoms with Crippen molar-refractivity contribution < 1.29 is 93.3 Å². The maximum absolute atomic E-state index is 12.0. The average molecular weight is 1570 g/mol. The van der Waals surface area contributed by atoms with E-state index in [0.717, 1.165) is 54.9 Å².